The molecule has 3 aromatic heterocycles. The van der Waals surface area contributed by atoms with Crippen molar-refractivity contribution in [2.45, 2.75) is 32.9 Å². The van der Waals surface area contributed by atoms with Gasteiger partial charge in [-0.2, -0.15) is 9.61 Å². The Balaban J connectivity index is 1.86. The smallest absolute Gasteiger partial charge is 0.173 e. The Kier molecular flexibility index (Phi) is 6.05. The molecule has 26 heavy (non-hydrogen) atoms. The van der Waals surface area contributed by atoms with E-state index in [4.69, 9.17) is 0 Å². The quantitative estimate of drug-likeness (QED) is 0.519. The lowest BCUT2D eigenvalue weighted by Crippen LogP contribution is -2.26. The van der Waals surface area contributed by atoms with E-state index in [0.717, 1.165) is 22.3 Å². The Hall–Kier alpha value is -2.19. The molecule has 0 aliphatic rings. The molecule has 0 aromatic carbocycles. The molecule has 3 N–H and O–H groups in total. The van der Waals surface area contributed by atoms with Gasteiger partial charge >= 0.3 is 0 Å². The topological polar surface area (TPSA) is 87.4 Å². The Labute approximate surface area is 161 Å². The number of aliphatic hydroxyl groups excluding tert-OH is 1. The molecule has 0 saturated carbocycles. The van der Waals surface area contributed by atoms with Crippen molar-refractivity contribution < 1.29 is 5.11 Å². The summed E-state index contributed by atoms with van der Waals surface area (Å²) in [5.41, 5.74) is 1.79. The second-order valence-corrected chi connectivity index (χ2v) is 7.48. The maximum absolute atomic E-state index is 9.65. The normalized spacial score (nSPS) is 12.5. The molecule has 0 bridgehead atoms. The molecular weight excluding hydrogens is 396 g/mol. The fraction of sp³-hybridized carbons (Fsp3) is 0.389. The zero-order chi connectivity index (χ0) is 18.5. The maximum Gasteiger partial charge on any atom is 0.173 e. The zero-order valence-corrected chi connectivity index (χ0v) is 16.4. The number of hydrogen-bond donors (Lipinski definition) is 3. The number of nitrogens with one attached hydrogen (secondary N) is 2. The van der Waals surface area contributed by atoms with Gasteiger partial charge in [-0.3, -0.25) is 4.98 Å². The van der Waals surface area contributed by atoms with Gasteiger partial charge in [-0.15, -0.1) is 0 Å². The average molecular weight is 419 g/mol. The van der Waals surface area contributed by atoms with Gasteiger partial charge in [0.1, 0.15) is 11.6 Å². The summed E-state index contributed by atoms with van der Waals surface area (Å²) in [6.45, 7) is 4.95. The number of anilines is 2. The van der Waals surface area contributed by atoms with Crippen molar-refractivity contribution in [1.29, 1.82) is 0 Å². The number of fused-ring (bicyclic) bond motifs is 1. The predicted molar refractivity (Wildman–Crippen MR) is 106 cm³/mol. The van der Waals surface area contributed by atoms with Crippen LogP contribution in [0.1, 0.15) is 25.8 Å². The third-order valence-corrected chi connectivity index (χ3v) is 4.51. The highest BCUT2D eigenvalue weighted by atomic mass is 79.9. The van der Waals surface area contributed by atoms with E-state index in [9.17, 15) is 5.11 Å². The Bertz CT molecular complexity index is 852. The van der Waals surface area contributed by atoms with E-state index >= 15 is 0 Å². The van der Waals surface area contributed by atoms with E-state index in [2.05, 4.69) is 55.5 Å². The molecule has 3 heterocycles. The van der Waals surface area contributed by atoms with Crippen LogP contribution in [0.4, 0.5) is 11.6 Å². The van der Waals surface area contributed by atoms with Gasteiger partial charge in [-0.05, 0) is 39.9 Å². The lowest BCUT2D eigenvalue weighted by molar-refractivity contribution is 0.259. The van der Waals surface area contributed by atoms with Crippen LogP contribution >= 0.6 is 15.9 Å². The summed E-state index contributed by atoms with van der Waals surface area (Å²) < 4.78 is 2.57. The average Bonchev–Trinajstić information content (AvgIpc) is 3.01. The van der Waals surface area contributed by atoms with Gasteiger partial charge in [0.05, 0.1) is 23.3 Å². The van der Waals surface area contributed by atoms with E-state index in [-0.39, 0.29) is 12.6 Å². The summed E-state index contributed by atoms with van der Waals surface area (Å²) in [4.78, 5) is 8.76. The van der Waals surface area contributed by atoms with E-state index in [1.165, 1.54) is 0 Å². The molecule has 1 atom stereocenters. The van der Waals surface area contributed by atoms with Crippen LogP contribution in [0.5, 0.6) is 0 Å². The summed E-state index contributed by atoms with van der Waals surface area (Å²) >= 11 is 3.49. The summed E-state index contributed by atoms with van der Waals surface area (Å²) in [5, 5.41) is 20.7. The SMILES string of the molecule is CC(C)CC(CO)Nc1cc(NCc2cccnc2)n2ncc(Br)c2n1. The molecule has 0 radical (unpaired) electrons. The molecular formula is C18H23BrN6O. The summed E-state index contributed by atoms with van der Waals surface area (Å²) in [5.74, 6) is 1.99. The van der Waals surface area contributed by atoms with Crippen LogP contribution in [0.15, 0.2) is 41.3 Å². The minimum absolute atomic E-state index is 0.0437. The molecule has 0 saturated heterocycles. The molecule has 0 spiro atoms. The van der Waals surface area contributed by atoms with E-state index in [0.29, 0.717) is 23.9 Å². The maximum atomic E-state index is 9.65. The van der Waals surface area contributed by atoms with Gasteiger partial charge in [-0.25, -0.2) is 4.98 Å². The van der Waals surface area contributed by atoms with Crippen molar-refractivity contribution in [1.82, 2.24) is 19.6 Å². The van der Waals surface area contributed by atoms with Crippen molar-refractivity contribution >= 4 is 33.2 Å². The van der Waals surface area contributed by atoms with Gasteiger partial charge in [0.25, 0.3) is 0 Å². The molecule has 0 fully saturated rings. The van der Waals surface area contributed by atoms with Crippen molar-refractivity contribution in [3.8, 4) is 0 Å². The highest BCUT2D eigenvalue weighted by molar-refractivity contribution is 9.10. The third-order valence-electron chi connectivity index (χ3n) is 3.95. The van der Waals surface area contributed by atoms with E-state index in [1.54, 1.807) is 16.9 Å². The first-order chi connectivity index (χ1) is 12.6. The number of aliphatic hydroxyl groups is 1. The molecule has 3 rings (SSSR count). The van der Waals surface area contributed by atoms with E-state index in [1.807, 2.05) is 24.4 Å². The number of halogens is 1. The molecule has 0 amide bonds. The summed E-state index contributed by atoms with van der Waals surface area (Å²) in [6.07, 6.45) is 6.17. The fourth-order valence-electron chi connectivity index (χ4n) is 2.79. The first kappa shape index (κ1) is 18.6. The van der Waals surface area contributed by atoms with E-state index < -0.39 is 0 Å². The molecule has 1 unspecified atom stereocenters. The molecule has 0 aliphatic heterocycles. The van der Waals surface area contributed by atoms with Gasteiger partial charge in [0, 0.05) is 25.0 Å². The van der Waals surface area contributed by atoms with Gasteiger partial charge in [0.2, 0.25) is 0 Å². The largest absolute Gasteiger partial charge is 0.394 e. The first-order valence-electron chi connectivity index (χ1n) is 8.61. The van der Waals surface area contributed by atoms with Gasteiger partial charge in [0.15, 0.2) is 5.65 Å². The van der Waals surface area contributed by atoms with Gasteiger partial charge < -0.3 is 15.7 Å². The molecule has 0 aliphatic carbocycles. The highest BCUT2D eigenvalue weighted by Gasteiger charge is 2.14. The first-order valence-corrected chi connectivity index (χ1v) is 9.40. The van der Waals surface area contributed by atoms with Crippen LogP contribution in [0, 0.1) is 5.92 Å². The van der Waals surface area contributed by atoms with Crippen LogP contribution in [0.2, 0.25) is 0 Å². The second kappa shape index (κ2) is 8.46. The molecule has 7 nitrogen and oxygen atoms in total. The number of hydrogen-bond acceptors (Lipinski definition) is 6. The minimum atomic E-state index is -0.0437. The second-order valence-electron chi connectivity index (χ2n) is 6.62. The van der Waals surface area contributed by atoms with Crippen molar-refractivity contribution in [2.24, 2.45) is 5.92 Å². The van der Waals surface area contributed by atoms with Crippen molar-refractivity contribution in [2.75, 3.05) is 17.2 Å². The Morgan fingerprint density at radius 2 is 2.15 bits per heavy atom. The Morgan fingerprint density at radius 3 is 2.85 bits per heavy atom. The minimum Gasteiger partial charge on any atom is -0.394 e. The number of nitrogens with zero attached hydrogens (tertiary/aromatic N) is 4. The van der Waals surface area contributed by atoms with Crippen molar-refractivity contribution in [3.05, 3.63) is 46.8 Å². The predicted octanol–water partition coefficient (Wildman–Crippen LogP) is 3.32. The highest BCUT2D eigenvalue weighted by Crippen LogP contribution is 2.23. The van der Waals surface area contributed by atoms with Crippen molar-refractivity contribution in [3.63, 3.8) is 0 Å². The third kappa shape index (κ3) is 4.50. The van der Waals surface area contributed by atoms with Crippen LogP contribution < -0.4 is 10.6 Å². The summed E-state index contributed by atoms with van der Waals surface area (Å²) in [6, 6.07) is 5.79. The number of pyridine rings is 1. The molecule has 138 valence electrons. The molecule has 8 heteroatoms. The lowest BCUT2D eigenvalue weighted by atomic mass is 10.0. The van der Waals surface area contributed by atoms with Crippen LogP contribution in [-0.2, 0) is 6.54 Å². The Morgan fingerprint density at radius 1 is 1.31 bits per heavy atom. The fourth-order valence-corrected chi connectivity index (χ4v) is 3.14. The van der Waals surface area contributed by atoms with Crippen LogP contribution in [-0.4, -0.2) is 37.3 Å². The van der Waals surface area contributed by atoms with Gasteiger partial charge in [-0.1, -0.05) is 19.9 Å². The van der Waals surface area contributed by atoms with Crippen LogP contribution in [0.25, 0.3) is 5.65 Å². The molecule has 3 aromatic rings. The monoisotopic (exact) mass is 418 g/mol. The van der Waals surface area contributed by atoms with Crippen LogP contribution in [0.3, 0.4) is 0 Å². The summed E-state index contributed by atoms with van der Waals surface area (Å²) in [7, 11) is 0. The zero-order valence-electron chi connectivity index (χ0n) is 14.9. The lowest BCUT2D eigenvalue weighted by Gasteiger charge is -2.19. The number of rotatable bonds is 8. The standard InChI is InChI=1S/C18H23BrN6O/c1-12(2)6-14(11-26)23-16-7-17(21-9-13-4-3-5-20-8-13)25-18(24-16)15(19)10-22-25/h3-5,7-8,10,12,14,21,26H,6,9,11H2,1-2H3,(H,23,24). The number of aromatic nitrogens is 4.